The third-order valence-electron chi connectivity index (χ3n) is 4.33. The average molecular weight is 266 g/mol. The molecule has 0 amide bonds. The van der Waals surface area contributed by atoms with E-state index in [9.17, 15) is 0 Å². The summed E-state index contributed by atoms with van der Waals surface area (Å²) in [6.07, 6.45) is 5.17. The van der Waals surface area contributed by atoms with E-state index in [1.54, 1.807) is 0 Å². The fraction of sp³-hybridized carbons (Fsp3) is 0.600. The Labute approximate surface area is 114 Å². The van der Waals surface area contributed by atoms with Gasteiger partial charge in [-0.1, -0.05) is 23.7 Å². The van der Waals surface area contributed by atoms with Crippen molar-refractivity contribution in [3.05, 3.63) is 34.9 Å². The lowest BCUT2D eigenvalue weighted by atomic mass is 9.77. The summed E-state index contributed by atoms with van der Waals surface area (Å²) >= 11 is 5.91. The Kier molecular flexibility index (Phi) is 3.60. The SMILES string of the molecule is Clc1ccc(CC2CC3(CCNCC3)CO2)cc1. The van der Waals surface area contributed by atoms with Crippen LogP contribution >= 0.6 is 11.6 Å². The average Bonchev–Trinajstić information content (AvgIpc) is 2.76. The van der Waals surface area contributed by atoms with Crippen LogP contribution in [0.3, 0.4) is 0 Å². The highest BCUT2D eigenvalue weighted by Gasteiger charge is 2.40. The first-order chi connectivity index (χ1) is 8.76. The molecule has 1 aromatic rings. The molecule has 0 aliphatic carbocycles. The number of nitrogens with one attached hydrogen (secondary N) is 1. The Morgan fingerprint density at radius 1 is 1.22 bits per heavy atom. The first-order valence-corrected chi connectivity index (χ1v) is 7.20. The number of hydrogen-bond donors (Lipinski definition) is 1. The van der Waals surface area contributed by atoms with Crippen LogP contribution in [-0.4, -0.2) is 25.8 Å². The van der Waals surface area contributed by atoms with Gasteiger partial charge < -0.3 is 10.1 Å². The summed E-state index contributed by atoms with van der Waals surface area (Å²) in [5, 5.41) is 4.24. The molecule has 1 atom stereocenters. The van der Waals surface area contributed by atoms with E-state index in [2.05, 4.69) is 17.4 Å². The Morgan fingerprint density at radius 3 is 2.67 bits per heavy atom. The van der Waals surface area contributed by atoms with Gasteiger partial charge in [-0.2, -0.15) is 0 Å². The van der Waals surface area contributed by atoms with Gasteiger partial charge in [0.1, 0.15) is 0 Å². The van der Waals surface area contributed by atoms with Gasteiger partial charge in [-0.05, 0) is 61.9 Å². The number of halogens is 1. The van der Waals surface area contributed by atoms with Crippen molar-refractivity contribution in [1.29, 1.82) is 0 Å². The summed E-state index contributed by atoms with van der Waals surface area (Å²) in [6.45, 7) is 3.25. The summed E-state index contributed by atoms with van der Waals surface area (Å²) in [5.74, 6) is 0. The van der Waals surface area contributed by atoms with Crippen molar-refractivity contribution in [2.75, 3.05) is 19.7 Å². The molecule has 2 aliphatic rings. The van der Waals surface area contributed by atoms with Gasteiger partial charge in [0.2, 0.25) is 0 Å². The van der Waals surface area contributed by atoms with Gasteiger partial charge in [0, 0.05) is 5.02 Å². The van der Waals surface area contributed by atoms with Gasteiger partial charge in [-0.3, -0.25) is 0 Å². The summed E-state index contributed by atoms with van der Waals surface area (Å²) in [4.78, 5) is 0. The molecule has 1 aromatic carbocycles. The molecule has 0 bridgehead atoms. The van der Waals surface area contributed by atoms with E-state index in [1.807, 2.05) is 12.1 Å². The monoisotopic (exact) mass is 265 g/mol. The smallest absolute Gasteiger partial charge is 0.0621 e. The van der Waals surface area contributed by atoms with Gasteiger partial charge in [0.25, 0.3) is 0 Å². The topological polar surface area (TPSA) is 21.3 Å². The second kappa shape index (κ2) is 5.20. The van der Waals surface area contributed by atoms with Crippen LogP contribution in [0.15, 0.2) is 24.3 Å². The first kappa shape index (κ1) is 12.5. The van der Waals surface area contributed by atoms with Crippen LogP contribution < -0.4 is 5.32 Å². The van der Waals surface area contributed by atoms with E-state index in [0.717, 1.165) is 31.1 Å². The highest BCUT2D eigenvalue weighted by atomic mass is 35.5. The Bertz CT molecular complexity index is 397. The van der Waals surface area contributed by atoms with Gasteiger partial charge in [-0.15, -0.1) is 0 Å². The number of hydrogen-bond acceptors (Lipinski definition) is 2. The number of rotatable bonds is 2. The zero-order valence-electron chi connectivity index (χ0n) is 10.6. The molecule has 1 spiro atoms. The standard InChI is InChI=1S/C15H20ClNO/c16-13-3-1-12(2-4-13)9-14-10-15(11-18-14)5-7-17-8-6-15/h1-4,14,17H,5-11H2. The zero-order valence-corrected chi connectivity index (χ0v) is 11.4. The van der Waals surface area contributed by atoms with Crippen molar-refractivity contribution >= 4 is 11.6 Å². The second-order valence-corrected chi connectivity index (χ2v) is 6.15. The molecular formula is C15H20ClNO. The Balaban J connectivity index is 1.60. The first-order valence-electron chi connectivity index (χ1n) is 6.83. The molecule has 0 saturated carbocycles. The molecule has 18 heavy (non-hydrogen) atoms. The molecule has 2 heterocycles. The lowest BCUT2D eigenvalue weighted by Crippen LogP contribution is -2.37. The normalized spacial score (nSPS) is 26.6. The van der Waals surface area contributed by atoms with Crippen LogP contribution in [0.4, 0.5) is 0 Å². The fourth-order valence-corrected chi connectivity index (χ4v) is 3.34. The molecule has 0 aromatic heterocycles. The van der Waals surface area contributed by atoms with Gasteiger partial charge >= 0.3 is 0 Å². The minimum atomic E-state index is 0.393. The van der Waals surface area contributed by atoms with E-state index in [0.29, 0.717) is 11.5 Å². The molecule has 2 nitrogen and oxygen atoms in total. The molecule has 98 valence electrons. The summed E-state index contributed by atoms with van der Waals surface area (Å²) in [6, 6.07) is 8.15. The van der Waals surface area contributed by atoms with Crippen LogP contribution in [0.1, 0.15) is 24.8 Å². The molecule has 2 fully saturated rings. The maximum Gasteiger partial charge on any atom is 0.0621 e. The van der Waals surface area contributed by atoms with Gasteiger partial charge in [0.05, 0.1) is 12.7 Å². The number of piperidine rings is 1. The second-order valence-electron chi connectivity index (χ2n) is 5.72. The molecular weight excluding hydrogens is 246 g/mol. The summed E-state index contributed by atoms with van der Waals surface area (Å²) in [7, 11) is 0. The quantitative estimate of drug-likeness (QED) is 0.888. The van der Waals surface area contributed by atoms with E-state index in [4.69, 9.17) is 16.3 Å². The Morgan fingerprint density at radius 2 is 1.94 bits per heavy atom. The lowest BCUT2D eigenvalue weighted by Gasteiger charge is -2.32. The third kappa shape index (κ3) is 2.71. The minimum absolute atomic E-state index is 0.393. The van der Waals surface area contributed by atoms with E-state index in [1.165, 1.54) is 24.8 Å². The van der Waals surface area contributed by atoms with Crippen LogP contribution in [0.25, 0.3) is 0 Å². The van der Waals surface area contributed by atoms with Crippen molar-refractivity contribution in [2.24, 2.45) is 5.41 Å². The predicted octanol–water partition coefficient (Wildman–Crippen LogP) is 3.04. The third-order valence-corrected chi connectivity index (χ3v) is 4.58. The number of ether oxygens (including phenoxy) is 1. The Hall–Kier alpha value is -0.570. The van der Waals surface area contributed by atoms with Crippen LogP contribution in [0, 0.1) is 5.41 Å². The van der Waals surface area contributed by atoms with Crippen LogP contribution in [0.5, 0.6) is 0 Å². The predicted molar refractivity (Wildman–Crippen MR) is 74.0 cm³/mol. The largest absolute Gasteiger partial charge is 0.377 e. The van der Waals surface area contributed by atoms with Crippen molar-refractivity contribution in [1.82, 2.24) is 5.32 Å². The van der Waals surface area contributed by atoms with Crippen LogP contribution in [-0.2, 0) is 11.2 Å². The number of benzene rings is 1. The molecule has 3 rings (SSSR count). The lowest BCUT2D eigenvalue weighted by molar-refractivity contribution is 0.0867. The fourth-order valence-electron chi connectivity index (χ4n) is 3.22. The van der Waals surface area contributed by atoms with Crippen molar-refractivity contribution in [2.45, 2.75) is 31.8 Å². The van der Waals surface area contributed by atoms with Crippen molar-refractivity contribution in [3.63, 3.8) is 0 Å². The van der Waals surface area contributed by atoms with E-state index >= 15 is 0 Å². The van der Waals surface area contributed by atoms with Gasteiger partial charge in [0.15, 0.2) is 0 Å². The molecule has 2 saturated heterocycles. The maximum atomic E-state index is 6.02. The molecule has 1 unspecified atom stereocenters. The highest BCUT2D eigenvalue weighted by molar-refractivity contribution is 6.30. The van der Waals surface area contributed by atoms with Gasteiger partial charge in [-0.25, -0.2) is 0 Å². The van der Waals surface area contributed by atoms with E-state index in [-0.39, 0.29) is 0 Å². The summed E-state index contributed by atoms with van der Waals surface area (Å²) < 4.78 is 6.02. The van der Waals surface area contributed by atoms with Crippen LogP contribution in [0.2, 0.25) is 5.02 Å². The molecule has 0 radical (unpaired) electrons. The highest BCUT2D eigenvalue weighted by Crippen LogP contribution is 2.41. The molecule has 3 heteroatoms. The summed E-state index contributed by atoms with van der Waals surface area (Å²) in [5.41, 5.74) is 1.79. The van der Waals surface area contributed by atoms with Crippen molar-refractivity contribution < 1.29 is 4.74 Å². The minimum Gasteiger partial charge on any atom is -0.377 e. The molecule has 2 aliphatic heterocycles. The maximum absolute atomic E-state index is 6.02. The van der Waals surface area contributed by atoms with Crippen molar-refractivity contribution in [3.8, 4) is 0 Å². The molecule has 1 N–H and O–H groups in total. The van der Waals surface area contributed by atoms with E-state index < -0.39 is 0 Å². The zero-order chi connectivity index (χ0) is 12.4.